The summed E-state index contributed by atoms with van der Waals surface area (Å²) in [5, 5.41) is 0. The zero-order chi connectivity index (χ0) is 20.5. The first-order chi connectivity index (χ1) is 13.2. The Bertz CT molecular complexity index is 854. The van der Waals surface area contributed by atoms with Crippen LogP contribution in [0.4, 0.5) is 9.18 Å². The van der Waals surface area contributed by atoms with E-state index in [1.54, 1.807) is 12.1 Å². The monoisotopic (exact) mass is 389 g/mol. The molecule has 7 heteroatoms. The molecule has 28 heavy (non-hydrogen) atoms. The van der Waals surface area contributed by atoms with Crippen molar-refractivity contribution >= 4 is 11.9 Å². The molecule has 2 N–H and O–H groups in total. The summed E-state index contributed by atoms with van der Waals surface area (Å²) < 4.78 is 29.6. The molecule has 2 aliphatic rings. The number of carbonyl (C=O) groups is 2. The van der Waals surface area contributed by atoms with Gasteiger partial charge < -0.3 is 19.9 Å². The van der Waals surface area contributed by atoms with Crippen molar-refractivity contribution in [3.63, 3.8) is 0 Å². The Kier molecular flexibility index (Phi) is 5.56. The number of ether oxygens (including phenoxy) is 3. The number of rotatable bonds is 5. The molecule has 0 saturated carbocycles. The standard InChI is InChI=1S/C21H24FNO5/c1-21(2)10-14-17(15(24)11-21)16(18(22)19(14)23)12-4-6-13(7-5-12)28-20(25)27-9-8-26-3/h4-7,16H,8-11,23H2,1-3H3. The van der Waals surface area contributed by atoms with Crippen LogP contribution in [0.25, 0.3) is 0 Å². The van der Waals surface area contributed by atoms with Crippen LogP contribution in [0.3, 0.4) is 0 Å². The van der Waals surface area contributed by atoms with Crippen molar-refractivity contribution in [3.8, 4) is 5.75 Å². The van der Waals surface area contributed by atoms with Crippen molar-refractivity contribution in [1.29, 1.82) is 0 Å². The molecule has 150 valence electrons. The van der Waals surface area contributed by atoms with Crippen molar-refractivity contribution in [2.45, 2.75) is 32.6 Å². The van der Waals surface area contributed by atoms with Gasteiger partial charge in [-0.05, 0) is 35.1 Å². The Hall–Kier alpha value is -2.67. The highest BCUT2D eigenvalue weighted by molar-refractivity contribution is 6.01. The quantitative estimate of drug-likeness (QED) is 0.469. The summed E-state index contributed by atoms with van der Waals surface area (Å²) in [7, 11) is 1.50. The maximum absolute atomic E-state index is 14.9. The van der Waals surface area contributed by atoms with Gasteiger partial charge in [-0.15, -0.1) is 0 Å². The highest BCUT2D eigenvalue weighted by Crippen LogP contribution is 2.51. The van der Waals surface area contributed by atoms with Crippen LogP contribution >= 0.6 is 0 Å². The average molecular weight is 389 g/mol. The van der Waals surface area contributed by atoms with Crippen LogP contribution in [0, 0.1) is 5.41 Å². The molecule has 1 unspecified atom stereocenters. The Morgan fingerprint density at radius 1 is 1.21 bits per heavy atom. The van der Waals surface area contributed by atoms with Crippen molar-refractivity contribution < 1.29 is 28.2 Å². The molecule has 1 aromatic rings. The van der Waals surface area contributed by atoms with Crippen LogP contribution in [0.5, 0.6) is 5.75 Å². The zero-order valence-electron chi connectivity index (χ0n) is 16.2. The fourth-order valence-electron chi connectivity index (χ4n) is 3.71. The lowest BCUT2D eigenvalue weighted by molar-refractivity contribution is -0.118. The largest absolute Gasteiger partial charge is 0.513 e. The number of hydrogen-bond acceptors (Lipinski definition) is 6. The van der Waals surface area contributed by atoms with E-state index in [1.165, 1.54) is 19.2 Å². The number of nitrogens with two attached hydrogens (primary N) is 1. The van der Waals surface area contributed by atoms with Crippen molar-refractivity contribution in [2.75, 3.05) is 20.3 Å². The number of allylic oxidation sites excluding steroid dienone is 3. The van der Waals surface area contributed by atoms with E-state index in [0.29, 0.717) is 29.6 Å². The number of ketones is 1. The molecule has 0 radical (unpaired) electrons. The first-order valence-electron chi connectivity index (χ1n) is 9.09. The molecule has 1 aromatic carbocycles. The van der Waals surface area contributed by atoms with Crippen LogP contribution in [0.1, 0.15) is 38.2 Å². The summed E-state index contributed by atoms with van der Waals surface area (Å²) in [5.41, 5.74) is 7.47. The molecule has 1 atom stereocenters. The Labute approximate surface area is 163 Å². The van der Waals surface area contributed by atoms with Gasteiger partial charge in [-0.25, -0.2) is 9.18 Å². The maximum atomic E-state index is 14.9. The van der Waals surface area contributed by atoms with Crippen molar-refractivity contribution in [2.24, 2.45) is 11.1 Å². The normalized spacial score (nSPS) is 21.0. The number of benzene rings is 1. The van der Waals surface area contributed by atoms with E-state index in [1.807, 2.05) is 13.8 Å². The molecule has 0 aliphatic heterocycles. The van der Waals surface area contributed by atoms with Gasteiger partial charge in [0.15, 0.2) is 5.78 Å². The molecule has 6 nitrogen and oxygen atoms in total. The minimum Gasteiger partial charge on any atom is -0.432 e. The van der Waals surface area contributed by atoms with Gasteiger partial charge in [0.1, 0.15) is 18.2 Å². The third kappa shape index (κ3) is 3.94. The van der Waals surface area contributed by atoms with Gasteiger partial charge in [0.05, 0.1) is 18.2 Å². The van der Waals surface area contributed by atoms with E-state index >= 15 is 0 Å². The molecular weight excluding hydrogens is 365 g/mol. The fraction of sp³-hybridized carbons (Fsp3) is 0.429. The lowest BCUT2D eigenvalue weighted by Gasteiger charge is -2.31. The average Bonchev–Trinajstić information content (AvgIpc) is 2.87. The van der Waals surface area contributed by atoms with Crippen LogP contribution in [-0.4, -0.2) is 32.3 Å². The van der Waals surface area contributed by atoms with E-state index in [2.05, 4.69) is 0 Å². The van der Waals surface area contributed by atoms with Gasteiger partial charge in [-0.1, -0.05) is 26.0 Å². The van der Waals surface area contributed by atoms with Gasteiger partial charge in [-0.2, -0.15) is 0 Å². The smallest absolute Gasteiger partial charge is 0.432 e. The number of methoxy groups -OCH3 is 1. The number of hydrogen-bond donors (Lipinski definition) is 1. The molecule has 0 fully saturated rings. The summed E-state index contributed by atoms with van der Waals surface area (Å²) in [6, 6.07) is 6.31. The van der Waals surface area contributed by atoms with Crippen molar-refractivity contribution in [1.82, 2.24) is 0 Å². The zero-order valence-corrected chi connectivity index (χ0v) is 16.2. The van der Waals surface area contributed by atoms with Gasteiger partial charge >= 0.3 is 6.16 Å². The third-order valence-electron chi connectivity index (χ3n) is 4.97. The third-order valence-corrected chi connectivity index (χ3v) is 4.97. The fourth-order valence-corrected chi connectivity index (χ4v) is 3.71. The molecule has 0 aromatic heterocycles. The minimum absolute atomic E-state index is 0.0724. The highest BCUT2D eigenvalue weighted by Gasteiger charge is 2.44. The molecule has 2 aliphatic carbocycles. The first-order valence-corrected chi connectivity index (χ1v) is 9.09. The summed E-state index contributed by atoms with van der Waals surface area (Å²) in [4.78, 5) is 24.3. The van der Waals surface area contributed by atoms with E-state index in [-0.39, 0.29) is 35.9 Å². The Morgan fingerprint density at radius 3 is 2.54 bits per heavy atom. The van der Waals surface area contributed by atoms with Gasteiger partial charge in [0.2, 0.25) is 0 Å². The lowest BCUT2D eigenvalue weighted by atomic mass is 9.72. The molecule has 0 spiro atoms. The second-order valence-electron chi connectivity index (χ2n) is 7.79. The SMILES string of the molecule is COCCOC(=O)Oc1ccc(C2C(F)=C(N)C3=C2C(=O)CC(C)(C)C3)cc1. The predicted octanol–water partition coefficient (Wildman–Crippen LogP) is 3.77. The van der Waals surface area contributed by atoms with Crippen LogP contribution in [0.2, 0.25) is 0 Å². The predicted molar refractivity (Wildman–Crippen MR) is 100 cm³/mol. The number of carbonyl (C=O) groups excluding carboxylic acids is 2. The topological polar surface area (TPSA) is 87.8 Å². The summed E-state index contributed by atoms with van der Waals surface area (Å²) in [6.45, 7) is 4.31. The first kappa shape index (κ1) is 20.1. The second kappa shape index (κ2) is 7.75. The molecular formula is C21H24FNO5. The Balaban J connectivity index is 1.79. The summed E-state index contributed by atoms with van der Waals surface area (Å²) in [6.07, 6.45) is 0.0751. The summed E-state index contributed by atoms with van der Waals surface area (Å²) >= 11 is 0. The van der Waals surface area contributed by atoms with Crippen LogP contribution < -0.4 is 10.5 Å². The van der Waals surface area contributed by atoms with E-state index in [4.69, 9.17) is 19.9 Å². The molecule has 0 amide bonds. The number of halogens is 1. The molecule has 3 rings (SSSR count). The van der Waals surface area contributed by atoms with Gasteiger partial charge in [0.25, 0.3) is 0 Å². The van der Waals surface area contributed by atoms with Crippen LogP contribution in [-0.2, 0) is 14.3 Å². The maximum Gasteiger partial charge on any atom is 0.513 e. The van der Waals surface area contributed by atoms with E-state index in [9.17, 15) is 14.0 Å². The lowest BCUT2D eigenvalue weighted by Crippen LogP contribution is -2.27. The van der Waals surface area contributed by atoms with Crippen molar-refractivity contribution in [3.05, 3.63) is 52.5 Å². The molecule has 0 heterocycles. The molecule has 0 bridgehead atoms. The Morgan fingerprint density at radius 2 is 1.89 bits per heavy atom. The summed E-state index contributed by atoms with van der Waals surface area (Å²) in [5.74, 6) is -1.12. The van der Waals surface area contributed by atoms with Gasteiger partial charge in [-0.3, -0.25) is 4.79 Å². The van der Waals surface area contributed by atoms with E-state index < -0.39 is 17.9 Å². The molecule has 0 saturated heterocycles. The number of Topliss-reactive ketones (excluding diaryl/α,β-unsaturated/α-hetero) is 1. The second-order valence-corrected chi connectivity index (χ2v) is 7.79. The minimum atomic E-state index is -0.851. The van der Waals surface area contributed by atoms with Crippen LogP contribution in [0.15, 0.2) is 46.9 Å². The van der Waals surface area contributed by atoms with E-state index in [0.717, 1.165) is 0 Å². The highest BCUT2D eigenvalue weighted by atomic mass is 19.1. The van der Waals surface area contributed by atoms with Gasteiger partial charge in [0, 0.05) is 19.1 Å².